The molecule has 0 aliphatic heterocycles. The van der Waals surface area contributed by atoms with Crippen molar-refractivity contribution in [3.63, 3.8) is 0 Å². The number of aromatic nitrogens is 2. The molecule has 1 aliphatic carbocycles. The van der Waals surface area contributed by atoms with Crippen LogP contribution in [0, 0.1) is 19.3 Å². The van der Waals surface area contributed by atoms with E-state index < -0.39 is 0 Å². The predicted octanol–water partition coefficient (Wildman–Crippen LogP) is 2.56. The molecule has 22 heavy (non-hydrogen) atoms. The highest BCUT2D eigenvalue weighted by atomic mass is 16.1. The zero-order chi connectivity index (χ0) is 15.7. The number of carbonyl (C=O) groups is 1. The average molecular weight is 298 g/mol. The number of benzene rings is 1. The first-order chi connectivity index (χ1) is 10.5. The highest BCUT2D eigenvalue weighted by Gasteiger charge is 2.42. The van der Waals surface area contributed by atoms with Gasteiger partial charge in [-0.15, -0.1) is 0 Å². The lowest BCUT2D eigenvalue weighted by atomic mass is 10.0. The van der Waals surface area contributed by atoms with E-state index in [2.05, 4.69) is 10.3 Å². The number of hydrogen-bond acceptors (Lipinski definition) is 3. The maximum atomic E-state index is 12.1. The van der Waals surface area contributed by atoms with Crippen molar-refractivity contribution in [2.75, 3.05) is 11.9 Å². The van der Waals surface area contributed by atoms with Crippen LogP contribution in [0.5, 0.6) is 0 Å². The third-order valence-corrected chi connectivity index (χ3v) is 4.61. The number of nitrogens with two attached hydrogens (primary N) is 1. The summed E-state index contributed by atoms with van der Waals surface area (Å²) in [6.45, 7) is 4.63. The Morgan fingerprint density at radius 2 is 2.00 bits per heavy atom. The SMILES string of the molecule is Cc1ncn(-c2ccc(NC(=O)CC3(CN)CC3)cc2)c1C. The van der Waals surface area contributed by atoms with Crippen molar-refractivity contribution in [3.05, 3.63) is 42.0 Å². The van der Waals surface area contributed by atoms with E-state index in [1.165, 1.54) is 0 Å². The molecule has 0 radical (unpaired) electrons. The summed E-state index contributed by atoms with van der Waals surface area (Å²) in [6.07, 6.45) is 4.46. The third kappa shape index (κ3) is 2.90. The van der Waals surface area contributed by atoms with Gasteiger partial charge >= 0.3 is 0 Å². The van der Waals surface area contributed by atoms with Crippen LogP contribution in [0.2, 0.25) is 0 Å². The number of nitrogens with one attached hydrogen (secondary N) is 1. The number of anilines is 1. The summed E-state index contributed by atoms with van der Waals surface area (Å²) >= 11 is 0. The van der Waals surface area contributed by atoms with Crippen molar-refractivity contribution < 1.29 is 4.79 Å². The molecule has 0 atom stereocenters. The van der Waals surface area contributed by atoms with E-state index in [9.17, 15) is 4.79 Å². The van der Waals surface area contributed by atoms with Crippen molar-refractivity contribution in [2.45, 2.75) is 33.1 Å². The molecule has 3 rings (SSSR count). The molecule has 1 fully saturated rings. The minimum atomic E-state index is 0.0466. The standard InChI is InChI=1S/C17H22N4O/c1-12-13(2)21(11-19-12)15-5-3-14(4-6-15)20-16(22)9-17(10-18)7-8-17/h3-6,11H,7-10,18H2,1-2H3,(H,20,22). The molecule has 116 valence electrons. The summed E-state index contributed by atoms with van der Waals surface area (Å²) in [5.74, 6) is 0.0466. The minimum absolute atomic E-state index is 0.0466. The van der Waals surface area contributed by atoms with Crippen LogP contribution in [0.4, 0.5) is 5.69 Å². The Kier molecular flexibility index (Phi) is 3.74. The predicted molar refractivity (Wildman–Crippen MR) is 87.0 cm³/mol. The van der Waals surface area contributed by atoms with Crippen LogP contribution in [0.1, 0.15) is 30.7 Å². The van der Waals surface area contributed by atoms with Crippen LogP contribution in [0.25, 0.3) is 5.69 Å². The summed E-state index contributed by atoms with van der Waals surface area (Å²) in [5, 5.41) is 2.95. The van der Waals surface area contributed by atoms with Crippen molar-refractivity contribution in [3.8, 4) is 5.69 Å². The summed E-state index contributed by atoms with van der Waals surface area (Å²) in [5.41, 5.74) is 9.78. The van der Waals surface area contributed by atoms with E-state index in [0.717, 1.165) is 35.6 Å². The Balaban J connectivity index is 1.67. The van der Waals surface area contributed by atoms with E-state index in [1.807, 2.05) is 49.0 Å². The molecule has 0 unspecified atom stereocenters. The van der Waals surface area contributed by atoms with Gasteiger partial charge in [0.1, 0.15) is 0 Å². The normalized spacial score (nSPS) is 15.6. The number of amides is 1. The zero-order valence-corrected chi connectivity index (χ0v) is 13.1. The second kappa shape index (κ2) is 5.57. The molecule has 3 N–H and O–H groups in total. The van der Waals surface area contributed by atoms with Gasteiger partial charge < -0.3 is 15.6 Å². The van der Waals surface area contributed by atoms with Crippen LogP contribution in [-0.2, 0) is 4.79 Å². The van der Waals surface area contributed by atoms with Gasteiger partial charge in [-0.3, -0.25) is 4.79 Å². The Morgan fingerprint density at radius 1 is 1.32 bits per heavy atom. The summed E-state index contributed by atoms with van der Waals surface area (Å²) in [7, 11) is 0. The number of aryl methyl sites for hydroxylation is 1. The van der Waals surface area contributed by atoms with E-state index in [1.54, 1.807) is 0 Å². The molecule has 5 heteroatoms. The molecule has 1 aliphatic rings. The van der Waals surface area contributed by atoms with Crippen molar-refractivity contribution >= 4 is 11.6 Å². The largest absolute Gasteiger partial charge is 0.330 e. The fourth-order valence-electron chi connectivity index (χ4n) is 2.64. The molecule has 5 nitrogen and oxygen atoms in total. The zero-order valence-electron chi connectivity index (χ0n) is 13.1. The highest BCUT2D eigenvalue weighted by Crippen LogP contribution is 2.47. The van der Waals surface area contributed by atoms with Crippen LogP contribution < -0.4 is 11.1 Å². The van der Waals surface area contributed by atoms with Crippen molar-refractivity contribution in [2.24, 2.45) is 11.1 Å². The van der Waals surface area contributed by atoms with Crippen LogP contribution >= 0.6 is 0 Å². The van der Waals surface area contributed by atoms with Gasteiger partial charge in [0.2, 0.25) is 5.91 Å². The number of rotatable bonds is 5. The van der Waals surface area contributed by atoms with Gasteiger partial charge in [0.25, 0.3) is 0 Å². The molecule has 1 aromatic heterocycles. The van der Waals surface area contributed by atoms with Gasteiger partial charge in [-0.1, -0.05) is 0 Å². The van der Waals surface area contributed by atoms with E-state index in [-0.39, 0.29) is 11.3 Å². The van der Waals surface area contributed by atoms with Crippen molar-refractivity contribution in [1.82, 2.24) is 9.55 Å². The monoisotopic (exact) mass is 298 g/mol. The second-order valence-electron chi connectivity index (χ2n) is 6.26. The van der Waals surface area contributed by atoms with E-state index >= 15 is 0 Å². The maximum absolute atomic E-state index is 12.1. The second-order valence-corrected chi connectivity index (χ2v) is 6.26. The Labute approximate surface area is 130 Å². The van der Waals surface area contributed by atoms with Crippen LogP contribution in [0.15, 0.2) is 30.6 Å². The smallest absolute Gasteiger partial charge is 0.224 e. The molecular weight excluding hydrogens is 276 g/mol. The molecule has 0 bridgehead atoms. The molecule has 1 saturated carbocycles. The third-order valence-electron chi connectivity index (χ3n) is 4.61. The number of hydrogen-bond donors (Lipinski definition) is 2. The molecule has 1 aromatic carbocycles. The lowest BCUT2D eigenvalue weighted by Gasteiger charge is -2.12. The quantitative estimate of drug-likeness (QED) is 0.891. The molecule has 1 amide bonds. The van der Waals surface area contributed by atoms with Gasteiger partial charge in [0, 0.05) is 23.5 Å². The van der Waals surface area contributed by atoms with Crippen molar-refractivity contribution in [1.29, 1.82) is 0 Å². The molecule has 2 aromatic rings. The van der Waals surface area contributed by atoms with Gasteiger partial charge in [0.15, 0.2) is 0 Å². The summed E-state index contributed by atoms with van der Waals surface area (Å²) in [6, 6.07) is 7.81. The fraction of sp³-hybridized carbons (Fsp3) is 0.412. The fourth-order valence-corrected chi connectivity index (χ4v) is 2.64. The van der Waals surface area contributed by atoms with E-state index in [4.69, 9.17) is 5.73 Å². The maximum Gasteiger partial charge on any atom is 0.224 e. The summed E-state index contributed by atoms with van der Waals surface area (Å²) in [4.78, 5) is 16.4. The van der Waals surface area contributed by atoms with Crippen LogP contribution in [0.3, 0.4) is 0 Å². The molecule has 0 spiro atoms. The van der Waals surface area contributed by atoms with E-state index in [0.29, 0.717) is 13.0 Å². The number of imidazole rings is 1. The lowest BCUT2D eigenvalue weighted by molar-refractivity contribution is -0.117. The van der Waals surface area contributed by atoms with Gasteiger partial charge in [-0.05, 0) is 62.9 Å². The number of nitrogens with zero attached hydrogens (tertiary/aromatic N) is 2. The Bertz CT molecular complexity index is 683. The lowest BCUT2D eigenvalue weighted by Crippen LogP contribution is -2.23. The van der Waals surface area contributed by atoms with Crippen LogP contribution in [-0.4, -0.2) is 22.0 Å². The number of carbonyl (C=O) groups excluding carboxylic acids is 1. The molecule has 1 heterocycles. The highest BCUT2D eigenvalue weighted by molar-refractivity contribution is 5.91. The topological polar surface area (TPSA) is 72.9 Å². The van der Waals surface area contributed by atoms with Gasteiger partial charge in [-0.25, -0.2) is 4.98 Å². The minimum Gasteiger partial charge on any atom is -0.330 e. The first-order valence-corrected chi connectivity index (χ1v) is 7.64. The summed E-state index contributed by atoms with van der Waals surface area (Å²) < 4.78 is 2.04. The molecule has 0 saturated heterocycles. The van der Waals surface area contributed by atoms with Gasteiger partial charge in [-0.2, -0.15) is 0 Å². The molecular formula is C17H22N4O. The first kappa shape index (κ1) is 14.8. The average Bonchev–Trinajstić information content (AvgIpc) is 3.20. The Morgan fingerprint density at radius 3 is 2.50 bits per heavy atom. The van der Waals surface area contributed by atoms with Gasteiger partial charge in [0.05, 0.1) is 12.0 Å². The Hall–Kier alpha value is -2.14. The first-order valence-electron chi connectivity index (χ1n) is 7.64.